The zero-order valence-electron chi connectivity index (χ0n) is 14.5. The van der Waals surface area contributed by atoms with E-state index in [9.17, 15) is 4.79 Å². The number of amides is 1. The Labute approximate surface area is 140 Å². The van der Waals surface area contributed by atoms with Crippen LogP contribution in [0.5, 0.6) is 5.75 Å². The van der Waals surface area contributed by atoms with Crippen LogP contribution in [0, 0.1) is 0 Å². The van der Waals surface area contributed by atoms with E-state index in [-0.39, 0.29) is 17.4 Å². The third-order valence-electron chi connectivity index (χ3n) is 3.78. The van der Waals surface area contributed by atoms with Gasteiger partial charge in [-0.2, -0.15) is 4.98 Å². The molecular formula is C17H22N4O3. The molecule has 2 heterocycles. The maximum atomic E-state index is 11.7. The van der Waals surface area contributed by atoms with Gasteiger partial charge in [-0.3, -0.25) is 4.79 Å². The van der Waals surface area contributed by atoms with Gasteiger partial charge in [-0.1, -0.05) is 25.9 Å². The minimum absolute atomic E-state index is 0.153. The van der Waals surface area contributed by atoms with Gasteiger partial charge in [0.15, 0.2) is 11.9 Å². The van der Waals surface area contributed by atoms with Gasteiger partial charge in [0.2, 0.25) is 5.89 Å². The van der Waals surface area contributed by atoms with Gasteiger partial charge in [-0.15, -0.1) is 0 Å². The Kier molecular flexibility index (Phi) is 3.95. The highest BCUT2D eigenvalue weighted by atomic mass is 16.5. The number of aromatic nitrogens is 2. The van der Waals surface area contributed by atoms with Crippen LogP contribution in [0.25, 0.3) is 0 Å². The highest BCUT2D eigenvalue weighted by Gasteiger charge is 2.25. The molecule has 0 radical (unpaired) electrons. The molecule has 0 spiro atoms. The molecule has 2 aromatic rings. The molecule has 24 heavy (non-hydrogen) atoms. The SMILES string of the molecule is C[C@@H]1Oc2ccc(N[C@@H](C)c3nc(C(C)(C)C)no3)cc2NC1=O. The third kappa shape index (κ3) is 3.20. The second kappa shape index (κ2) is 5.81. The average Bonchev–Trinajstić information content (AvgIpc) is 2.99. The fraction of sp³-hybridized carbons (Fsp3) is 0.471. The molecule has 7 nitrogen and oxygen atoms in total. The van der Waals surface area contributed by atoms with Crippen LogP contribution in [0.1, 0.15) is 52.4 Å². The molecule has 1 aromatic carbocycles. The van der Waals surface area contributed by atoms with Gasteiger partial charge in [-0.05, 0) is 32.0 Å². The summed E-state index contributed by atoms with van der Waals surface area (Å²) < 4.78 is 10.9. The highest BCUT2D eigenvalue weighted by Crippen LogP contribution is 2.33. The van der Waals surface area contributed by atoms with Gasteiger partial charge < -0.3 is 19.9 Å². The van der Waals surface area contributed by atoms with Gasteiger partial charge >= 0.3 is 0 Å². The largest absolute Gasteiger partial charge is 0.479 e. The Morgan fingerprint density at radius 1 is 1.33 bits per heavy atom. The van der Waals surface area contributed by atoms with Crippen molar-refractivity contribution in [3.8, 4) is 5.75 Å². The minimum Gasteiger partial charge on any atom is -0.479 e. The lowest BCUT2D eigenvalue weighted by molar-refractivity contribution is -0.122. The van der Waals surface area contributed by atoms with E-state index in [1.807, 2.05) is 45.9 Å². The molecular weight excluding hydrogens is 308 g/mol. The lowest BCUT2D eigenvalue weighted by Crippen LogP contribution is -2.34. The van der Waals surface area contributed by atoms with Crippen molar-refractivity contribution >= 4 is 17.3 Å². The number of rotatable bonds is 3. The zero-order chi connectivity index (χ0) is 17.5. The quantitative estimate of drug-likeness (QED) is 0.898. The molecule has 0 aliphatic carbocycles. The summed E-state index contributed by atoms with van der Waals surface area (Å²) in [6, 6.07) is 5.39. The van der Waals surface area contributed by atoms with Crippen LogP contribution in [-0.2, 0) is 10.2 Å². The molecule has 1 aliphatic rings. The van der Waals surface area contributed by atoms with Crippen LogP contribution in [0.15, 0.2) is 22.7 Å². The Bertz CT molecular complexity index is 763. The zero-order valence-corrected chi connectivity index (χ0v) is 14.5. The summed E-state index contributed by atoms with van der Waals surface area (Å²) in [6.07, 6.45) is -0.482. The normalized spacial score (nSPS) is 18.4. The van der Waals surface area contributed by atoms with Gasteiger partial charge in [0.1, 0.15) is 11.8 Å². The minimum atomic E-state index is -0.482. The topological polar surface area (TPSA) is 89.3 Å². The van der Waals surface area contributed by atoms with Crippen LogP contribution in [0.4, 0.5) is 11.4 Å². The van der Waals surface area contributed by atoms with E-state index in [0.29, 0.717) is 23.2 Å². The van der Waals surface area contributed by atoms with Crippen LogP contribution in [0.2, 0.25) is 0 Å². The fourth-order valence-electron chi connectivity index (χ4n) is 2.33. The number of nitrogens with one attached hydrogen (secondary N) is 2. The van der Waals surface area contributed by atoms with Gasteiger partial charge in [0, 0.05) is 11.1 Å². The van der Waals surface area contributed by atoms with Crippen molar-refractivity contribution < 1.29 is 14.1 Å². The number of carbonyl (C=O) groups excluding carboxylic acids is 1. The molecule has 1 aromatic heterocycles. The first-order chi connectivity index (χ1) is 11.2. The van der Waals surface area contributed by atoms with E-state index in [4.69, 9.17) is 9.26 Å². The number of carbonyl (C=O) groups is 1. The summed E-state index contributed by atoms with van der Waals surface area (Å²) in [4.78, 5) is 16.2. The Hall–Kier alpha value is -2.57. The first kappa shape index (κ1) is 16.3. The third-order valence-corrected chi connectivity index (χ3v) is 3.78. The monoisotopic (exact) mass is 330 g/mol. The predicted octanol–water partition coefficient (Wildman–Crippen LogP) is 3.26. The molecule has 0 saturated carbocycles. The first-order valence-corrected chi connectivity index (χ1v) is 7.96. The molecule has 1 amide bonds. The molecule has 7 heteroatoms. The number of nitrogens with zero attached hydrogens (tertiary/aromatic N) is 2. The van der Waals surface area contributed by atoms with Crippen LogP contribution in [-0.4, -0.2) is 22.2 Å². The van der Waals surface area contributed by atoms with Gasteiger partial charge in [-0.25, -0.2) is 0 Å². The number of anilines is 2. The summed E-state index contributed by atoms with van der Waals surface area (Å²) in [5.41, 5.74) is 1.32. The summed E-state index contributed by atoms with van der Waals surface area (Å²) in [5, 5.41) is 10.2. The van der Waals surface area contributed by atoms with E-state index in [2.05, 4.69) is 20.8 Å². The molecule has 1 aliphatic heterocycles. The number of hydrogen-bond acceptors (Lipinski definition) is 6. The first-order valence-electron chi connectivity index (χ1n) is 7.96. The van der Waals surface area contributed by atoms with Crippen molar-refractivity contribution in [3.63, 3.8) is 0 Å². The molecule has 3 rings (SSSR count). The van der Waals surface area contributed by atoms with Crippen molar-refractivity contribution in [3.05, 3.63) is 29.9 Å². The average molecular weight is 330 g/mol. The Morgan fingerprint density at radius 2 is 2.08 bits per heavy atom. The molecule has 2 atom stereocenters. The number of ether oxygens (including phenoxy) is 1. The van der Waals surface area contributed by atoms with E-state index in [1.54, 1.807) is 6.92 Å². The molecule has 2 N–H and O–H groups in total. The maximum absolute atomic E-state index is 11.7. The predicted molar refractivity (Wildman–Crippen MR) is 90.2 cm³/mol. The molecule has 128 valence electrons. The van der Waals surface area contributed by atoms with Crippen LogP contribution >= 0.6 is 0 Å². The maximum Gasteiger partial charge on any atom is 0.265 e. The van der Waals surface area contributed by atoms with Crippen LogP contribution in [0.3, 0.4) is 0 Å². The van der Waals surface area contributed by atoms with Crippen molar-refractivity contribution in [2.24, 2.45) is 0 Å². The smallest absolute Gasteiger partial charge is 0.265 e. The van der Waals surface area contributed by atoms with E-state index in [1.165, 1.54) is 0 Å². The van der Waals surface area contributed by atoms with Crippen molar-refractivity contribution in [2.45, 2.75) is 52.2 Å². The fourth-order valence-corrected chi connectivity index (χ4v) is 2.33. The lowest BCUT2D eigenvalue weighted by Gasteiger charge is -2.24. The Balaban J connectivity index is 1.75. The second-order valence-electron chi connectivity index (χ2n) is 7.03. The summed E-state index contributed by atoms with van der Waals surface area (Å²) in [7, 11) is 0. The summed E-state index contributed by atoms with van der Waals surface area (Å²) in [5.74, 6) is 1.70. The van der Waals surface area contributed by atoms with Crippen molar-refractivity contribution in [2.75, 3.05) is 10.6 Å². The highest BCUT2D eigenvalue weighted by molar-refractivity contribution is 5.98. The number of fused-ring (bicyclic) bond motifs is 1. The summed E-state index contributed by atoms with van der Waals surface area (Å²) in [6.45, 7) is 9.76. The van der Waals surface area contributed by atoms with Crippen molar-refractivity contribution in [1.82, 2.24) is 10.1 Å². The molecule has 0 bridgehead atoms. The van der Waals surface area contributed by atoms with E-state index < -0.39 is 6.10 Å². The molecule has 0 unspecified atom stereocenters. The standard InChI is InChI=1S/C17H22N4O3/c1-9(15-20-16(21-24-15)17(3,4)5)18-11-6-7-13-12(8-11)19-14(22)10(2)23-13/h6-10,18H,1-5H3,(H,19,22)/t9-,10-/m0/s1. The van der Waals surface area contributed by atoms with Gasteiger partial charge in [0.05, 0.1) is 5.69 Å². The molecule has 0 saturated heterocycles. The van der Waals surface area contributed by atoms with Crippen molar-refractivity contribution in [1.29, 1.82) is 0 Å². The molecule has 0 fully saturated rings. The van der Waals surface area contributed by atoms with E-state index in [0.717, 1.165) is 5.69 Å². The summed E-state index contributed by atoms with van der Waals surface area (Å²) >= 11 is 0. The number of benzene rings is 1. The number of hydrogen-bond donors (Lipinski definition) is 2. The Morgan fingerprint density at radius 3 is 2.75 bits per heavy atom. The second-order valence-corrected chi connectivity index (χ2v) is 7.03. The van der Waals surface area contributed by atoms with Crippen LogP contribution < -0.4 is 15.4 Å². The van der Waals surface area contributed by atoms with E-state index >= 15 is 0 Å². The van der Waals surface area contributed by atoms with Gasteiger partial charge in [0.25, 0.3) is 5.91 Å². The lowest BCUT2D eigenvalue weighted by atomic mass is 9.96.